The van der Waals surface area contributed by atoms with Crippen molar-refractivity contribution in [3.63, 3.8) is 0 Å². The summed E-state index contributed by atoms with van der Waals surface area (Å²) in [4.78, 5) is 13.4. The number of allylic oxidation sites excluding steroid dienone is 1. The van der Waals surface area contributed by atoms with Gasteiger partial charge in [0, 0.05) is 6.54 Å². The molecule has 2 aromatic rings. The van der Waals surface area contributed by atoms with E-state index in [0.29, 0.717) is 24.6 Å². The molecule has 1 unspecified atom stereocenters. The number of methoxy groups -OCH3 is 1. The fraction of sp³-hybridized carbons (Fsp3) is 0.476. The third-order valence-electron chi connectivity index (χ3n) is 5.19. The van der Waals surface area contributed by atoms with E-state index in [4.69, 9.17) is 26.8 Å². The molecule has 3 rings (SSSR count). The molecule has 8 heteroatoms. The normalized spacial score (nSPS) is 19.0. The summed E-state index contributed by atoms with van der Waals surface area (Å²) in [7, 11) is 1.65. The van der Waals surface area contributed by atoms with Crippen molar-refractivity contribution in [2.45, 2.75) is 33.0 Å². The number of hydrogen-bond donors (Lipinski definition) is 1. The standard InChI is InChI=1S/C21H28N4O3S/c1-4-12-24-19(17-10-6-7-11-18(17)27-3)22-25(21(24)29)15-23-13-8-9-16(14-23)20(26)28-5-2/h4,6-7,10-11,16H,1,5,8-9,12-15H2,2-3H3/p+1/t16-/m0/s1. The molecule has 1 N–H and O–H groups in total. The molecule has 156 valence electrons. The smallest absolute Gasteiger partial charge is 0.314 e. The summed E-state index contributed by atoms with van der Waals surface area (Å²) in [5.74, 6) is 1.35. The van der Waals surface area contributed by atoms with Crippen LogP contribution in [-0.4, -0.2) is 47.1 Å². The molecule has 1 aromatic carbocycles. The average molecular weight is 418 g/mol. The van der Waals surface area contributed by atoms with Crippen LogP contribution in [0.15, 0.2) is 36.9 Å². The number of nitrogens with one attached hydrogen (secondary N) is 1. The van der Waals surface area contributed by atoms with Gasteiger partial charge in [-0.3, -0.25) is 9.36 Å². The molecule has 2 heterocycles. The summed E-state index contributed by atoms with van der Waals surface area (Å²) in [5, 5.41) is 4.82. The lowest BCUT2D eigenvalue weighted by molar-refractivity contribution is -0.930. The number of likely N-dealkylation sites (tertiary alicyclic amines) is 1. The third-order valence-corrected chi connectivity index (χ3v) is 5.62. The highest BCUT2D eigenvalue weighted by Gasteiger charge is 2.30. The van der Waals surface area contributed by atoms with Gasteiger partial charge in [0.25, 0.3) is 0 Å². The molecule has 1 aromatic heterocycles. The maximum absolute atomic E-state index is 12.2. The Bertz CT molecular complexity index is 921. The molecule has 7 nitrogen and oxygen atoms in total. The van der Waals surface area contributed by atoms with Gasteiger partial charge in [-0.1, -0.05) is 18.2 Å². The Kier molecular flexibility index (Phi) is 7.22. The summed E-state index contributed by atoms with van der Waals surface area (Å²) >= 11 is 5.72. The molecule has 0 radical (unpaired) electrons. The number of quaternary nitrogens is 1. The van der Waals surface area contributed by atoms with E-state index in [1.54, 1.807) is 7.11 Å². The SMILES string of the molecule is C=CCn1c(-c2ccccc2OC)nn(C[NH+]2CCC[C@H](C(=O)OCC)C2)c1=S. The van der Waals surface area contributed by atoms with Crippen LogP contribution in [0.25, 0.3) is 11.4 Å². The maximum atomic E-state index is 12.2. The van der Waals surface area contributed by atoms with Gasteiger partial charge < -0.3 is 14.4 Å². The lowest BCUT2D eigenvalue weighted by Crippen LogP contribution is -3.13. The quantitative estimate of drug-likeness (QED) is 0.405. The van der Waals surface area contributed by atoms with Crippen molar-refractivity contribution in [3.05, 3.63) is 41.7 Å². The number of ether oxygens (including phenoxy) is 2. The molecular formula is C21H29N4O3S+. The monoisotopic (exact) mass is 417 g/mol. The molecule has 0 amide bonds. The predicted molar refractivity (Wildman–Crippen MR) is 113 cm³/mol. The van der Waals surface area contributed by atoms with E-state index in [1.807, 2.05) is 46.5 Å². The number of carbonyl (C=O) groups is 1. The Morgan fingerprint density at radius 3 is 2.97 bits per heavy atom. The van der Waals surface area contributed by atoms with Gasteiger partial charge in [-0.15, -0.1) is 11.7 Å². The van der Waals surface area contributed by atoms with Crippen LogP contribution in [0.3, 0.4) is 0 Å². The number of nitrogens with zero attached hydrogens (tertiary/aromatic N) is 3. The van der Waals surface area contributed by atoms with E-state index >= 15 is 0 Å². The van der Waals surface area contributed by atoms with Crippen LogP contribution in [-0.2, 0) is 22.7 Å². The predicted octanol–water partition coefficient (Wildman–Crippen LogP) is 2.09. The first-order valence-corrected chi connectivity index (χ1v) is 10.4. The summed E-state index contributed by atoms with van der Waals surface area (Å²) in [5.41, 5.74) is 0.889. The van der Waals surface area contributed by atoms with Gasteiger partial charge in [-0.25, -0.2) is 0 Å². The fourth-order valence-corrected chi connectivity index (χ4v) is 4.10. The molecule has 0 bridgehead atoms. The van der Waals surface area contributed by atoms with Crippen molar-refractivity contribution in [2.75, 3.05) is 26.8 Å². The van der Waals surface area contributed by atoms with Gasteiger partial charge >= 0.3 is 5.97 Å². The number of aromatic nitrogens is 3. The van der Waals surface area contributed by atoms with E-state index in [0.717, 1.165) is 43.1 Å². The molecule has 1 saturated heterocycles. The highest BCUT2D eigenvalue weighted by Crippen LogP contribution is 2.28. The van der Waals surface area contributed by atoms with Crippen LogP contribution >= 0.6 is 12.2 Å². The minimum atomic E-state index is -0.0970. The number of benzene rings is 1. The van der Waals surface area contributed by atoms with Gasteiger partial charge in [0.2, 0.25) is 4.77 Å². The van der Waals surface area contributed by atoms with Crippen molar-refractivity contribution in [1.29, 1.82) is 0 Å². The Balaban J connectivity index is 1.88. The molecule has 1 fully saturated rings. The van der Waals surface area contributed by atoms with Crippen molar-refractivity contribution in [2.24, 2.45) is 5.92 Å². The largest absolute Gasteiger partial charge is 0.496 e. The molecule has 2 atom stereocenters. The van der Waals surface area contributed by atoms with Crippen molar-refractivity contribution < 1.29 is 19.2 Å². The number of hydrogen-bond acceptors (Lipinski definition) is 5. The van der Waals surface area contributed by atoms with Gasteiger partial charge in [-0.05, 0) is 44.1 Å². The van der Waals surface area contributed by atoms with Crippen LogP contribution in [0.2, 0.25) is 0 Å². The van der Waals surface area contributed by atoms with Gasteiger partial charge in [0.05, 0.1) is 32.4 Å². The molecule has 29 heavy (non-hydrogen) atoms. The first-order chi connectivity index (χ1) is 14.1. The first-order valence-electron chi connectivity index (χ1n) is 10.0. The van der Waals surface area contributed by atoms with E-state index in [9.17, 15) is 4.79 Å². The fourth-order valence-electron chi connectivity index (χ4n) is 3.83. The number of para-hydroxylation sites is 1. The second kappa shape index (κ2) is 9.84. The number of rotatable bonds is 8. The zero-order valence-electron chi connectivity index (χ0n) is 17.1. The summed E-state index contributed by atoms with van der Waals surface area (Å²) in [6.07, 6.45) is 3.68. The van der Waals surface area contributed by atoms with Gasteiger partial charge in [0.15, 0.2) is 12.5 Å². The summed E-state index contributed by atoms with van der Waals surface area (Å²) in [6, 6.07) is 7.77. The summed E-state index contributed by atoms with van der Waals surface area (Å²) in [6.45, 7) is 9.01. The maximum Gasteiger partial charge on any atom is 0.314 e. The number of piperidine rings is 1. The Morgan fingerprint density at radius 1 is 1.45 bits per heavy atom. The zero-order valence-corrected chi connectivity index (χ0v) is 17.9. The van der Waals surface area contributed by atoms with Crippen LogP contribution in [0, 0.1) is 10.7 Å². The third kappa shape index (κ3) is 4.76. The first kappa shape index (κ1) is 21.3. The lowest BCUT2D eigenvalue weighted by atomic mass is 9.99. The van der Waals surface area contributed by atoms with Crippen molar-refractivity contribution in [1.82, 2.24) is 14.3 Å². The van der Waals surface area contributed by atoms with Crippen molar-refractivity contribution in [3.8, 4) is 17.1 Å². The van der Waals surface area contributed by atoms with Gasteiger partial charge in [-0.2, -0.15) is 4.68 Å². The van der Waals surface area contributed by atoms with E-state index in [-0.39, 0.29) is 11.9 Å². The lowest BCUT2D eigenvalue weighted by Gasteiger charge is -2.28. The topological polar surface area (TPSA) is 62.7 Å². The summed E-state index contributed by atoms with van der Waals surface area (Å²) < 4.78 is 15.2. The molecule has 1 aliphatic heterocycles. The minimum absolute atomic E-state index is 0.0585. The van der Waals surface area contributed by atoms with Crippen LogP contribution in [0.4, 0.5) is 0 Å². The molecular weight excluding hydrogens is 388 g/mol. The van der Waals surface area contributed by atoms with E-state index in [1.165, 1.54) is 4.90 Å². The number of esters is 1. The minimum Gasteiger partial charge on any atom is -0.496 e. The van der Waals surface area contributed by atoms with Gasteiger partial charge in [0.1, 0.15) is 11.7 Å². The second-order valence-corrected chi connectivity index (χ2v) is 7.52. The molecule has 0 saturated carbocycles. The van der Waals surface area contributed by atoms with Crippen LogP contribution in [0.1, 0.15) is 19.8 Å². The number of carbonyl (C=O) groups excluding carboxylic acids is 1. The highest BCUT2D eigenvalue weighted by atomic mass is 32.1. The Hall–Kier alpha value is -2.45. The highest BCUT2D eigenvalue weighted by molar-refractivity contribution is 7.71. The van der Waals surface area contributed by atoms with Crippen LogP contribution in [0.5, 0.6) is 5.75 Å². The Morgan fingerprint density at radius 2 is 2.24 bits per heavy atom. The van der Waals surface area contributed by atoms with E-state index < -0.39 is 0 Å². The Labute approximate surface area is 176 Å². The van der Waals surface area contributed by atoms with Crippen LogP contribution < -0.4 is 9.64 Å². The molecule has 0 aliphatic carbocycles. The molecule has 0 spiro atoms. The average Bonchev–Trinajstić information content (AvgIpc) is 3.04. The molecule has 1 aliphatic rings. The van der Waals surface area contributed by atoms with Crippen molar-refractivity contribution >= 4 is 18.2 Å². The second-order valence-electron chi connectivity index (χ2n) is 7.16. The zero-order chi connectivity index (χ0) is 20.8. The van der Waals surface area contributed by atoms with E-state index in [2.05, 4.69) is 6.58 Å².